The minimum atomic E-state index is -0.609. The minimum absolute atomic E-state index is 0.00621. The maximum atomic E-state index is 16.1. The Labute approximate surface area is 326 Å². The Morgan fingerprint density at radius 1 is 0.839 bits per heavy atom. The number of carbonyl (C=O) groups is 3. The molecule has 56 heavy (non-hydrogen) atoms. The Kier molecular flexibility index (Phi) is 9.65. The number of hydrogen-bond donors (Lipinski definition) is 2. The number of ether oxygens (including phenoxy) is 1. The fourth-order valence-electron chi connectivity index (χ4n) is 9.64. The first-order chi connectivity index (χ1) is 27.2. The van der Waals surface area contributed by atoms with Crippen molar-refractivity contribution < 1.29 is 28.6 Å². The Hall–Kier alpha value is -5.42. The van der Waals surface area contributed by atoms with Gasteiger partial charge in [-0.3, -0.25) is 24.6 Å². The molecule has 4 aromatic rings. The summed E-state index contributed by atoms with van der Waals surface area (Å²) in [4.78, 5) is 46.0. The van der Waals surface area contributed by atoms with Gasteiger partial charge < -0.3 is 24.5 Å². The minimum Gasteiger partial charge on any atom is -0.508 e. The van der Waals surface area contributed by atoms with Crippen molar-refractivity contribution in [1.82, 2.24) is 15.1 Å². The second kappa shape index (κ2) is 14.9. The van der Waals surface area contributed by atoms with Gasteiger partial charge in [0.2, 0.25) is 11.8 Å². The van der Waals surface area contributed by atoms with Crippen molar-refractivity contribution in [2.24, 2.45) is 5.92 Å². The van der Waals surface area contributed by atoms with Crippen LogP contribution in [0.15, 0.2) is 78.9 Å². The van der Waals surface area contributed by atoms with E-state index >= 15 is 4.39 Å². The number of phenolic OH excluding ortho intramolecular Hbond substituents is 1. The second-order valence-corrected chi connectivity index (χ2v) is 16.2. The van der Waals surface area contributed by atoms with Crippen LogP contribution in [0.3, 0.4) is 0 Å². The first-order valence-electron chi connectivity index (χ1n) is 20.0. The molecule has 0 saturated carbocycles. The Morgan fingerprint density at radius 2 is 1.66 bits per heavy atom. The van der Waals surface area contributed by atoms with E-state index in [9.17, 15) is 19.5 Å². The van der Waals surface area contributed by atoms with E-state index in [2.05, 4.69) is 63.3 Å². The number of amides is 3. The Morgan fingerprint density at radius 3 is 2.43 bits per heavy atom. The Balaban J connectivity index is 0.799. The predicted octanol–water partition coefficient (Wildman–Crippen LogP) is 5.95. The average molecular weight is 758 g/mol. The zero-order valence-electron chi connectivity index (χ0n) is 31.8. The Bertz CT molecular complexity index is 2180. The monoisotopic (exact) mass is 757 g/mol. The van der Waals surface area contributed by atoms with Crippen LogP contribution in [0.25, 0.3) is 0 Å². The summed E-state index contributed by atoms with van der Waals surface area (Å²) in [5, 5.41) is 12.5. The molecule has 10 nitrogen and oxygen atoms in total. The summed E-state index contributed by atoms with van der Waals surface area (Å²) in [6.07, 6.45) is 2.62. The van der Waals surface area contributed by atoms with Crippen LogP contribution in [0.5, 0.6) is 11.5 Å². The van der Waals surface area contributed by atoms with E-state index in [1.54, 1.807) is 23.1 Å². The average Bonchev–Trinajstić information content (AvgIpc) is 3.52. The lowest BCUT2D eigenvalue weighted by Gasteiger charge is -2.40. The number of rotatable bonds is 7. The fraction of sp³-hybridized carbons (Fsp3) is 0.400. The fourth-order valence-corrected chi connectivity index (χ4v) is 9.64. The van der Waals surface area contributed by atoms with Gasteiger partial charge in [0, 0.05) is 93.5 Å². The number of piperazine rings is 1. The van der Waals surface area contributed by atoms with Crippen molar-refractivity contribution in [3.8, 4) is 11.5 Å². The summed E-state index contributed by atoms with van der Waals surface area (Å²) in [5.74, 6) is 0.223. The highest BCUT2D eigenvalue weighted by Crippen LogP contribution is 2.47. The lowest BCUT2D eigenvalue weighted by molar-refractivity contribution is -0.136. The molecule has 3 atom stereocenters. The molecule has 5 heterocycles. The van der Waals surface area contributed by atoms with Crippen LogP contribution in [-0.4, -0.2) is 91.1 Å². The van der Waals surface area contributed by atoms with Crippen LogP contribution >= 0.6 is 0 Å². The van der Waals surface area contributed by atoms with Crippen molar-refractivity contribution >= 4 is 29.1 Å². The van der Waals surface area contributed by atoms with Crippen LogP contribution < -0.4 is 19.9 Å². The number of phenols is 1. The van der Waals surface area contributed by atoms with Crippen molar-refractivity contribution in [2.45, 2.75) is 57.0 Å². The van der Waals surface area contributed by atoms with Gasteiger partial charge >= 0.3 is 0 Å². The number of fused-ring (bicyclic) bond motifs is 2. The maximum Gasteiger partial charge on any atom is 0.255 e. The van der Waals surface area contributed by atoms with Crippen molar-refractivity contribution in [3.05, 3.63) is 118 Å². The first kappa shape index (κ1) is 36.2. The molecule has 9 rings (SSSR count). The molecule has 0 aromatic heterocycles. The summed E-state index contributed by atoms with van der Waals surface area (Å²) in [5.41, 5.74) is 7.50. The number of anilines is 2. The number of hydrogen-bond acceptors (Lipinski definition) is 8. The number of aromatic hydroxyl groups is 1. The lowest BCUT2D eigenvalue weighted by Crippen LogP contribution is -2.52. The van der Waals surface area contributed by atoms with Crippen LogP contribution in [0.2, 0.25) is 0 Å². The number of carbonyl (C=O) groups excluding carboxylic acids is 3. The summed E-state index contributed by atoms with van der Waals surface area (Å²) >= 11 is 0. The molecule has 5 aliphatic rings. The summed E-state index contributed by atoms with van der Waals surface area (Å²) in [6.45, 7) is 9.25. The van der Waals surface area contributed by atoms with Gasteiger partial charge in [0.15, 0.2) is 0 Å². The van der Waals surface area contributed by atoms with Gasteiger partial charge in [-0.15, -0.1) is 0 Å². The van der Waals surface area contributed by atoms with Crippen LogP contribution in [0.1, 0.15) is 75.7 Å². The molecular formula is C45H48FN5O5. The SMILES string of the molecule is Cc1cccc(C2COc3cc(O)ccc3C2c2ccc(N3CCC(CN4CCN(c5ccc6c(c5)CN(C5CCC(=O)NC5=O)C6=O)CC4)CC3)c(F)c2)c1. The van der Waals surface area contributed by atoms with E-state index in [0.29, 0.717) is 42.5 Å². The molecule has 3 saturated heterocycles. The molecule has 0 aliphatic carbocycles. The largest absolute Gasteiger partial charge is 0.508 e. The number of piperidine rings is 2. The molecule has 3 fully saturated rings. The van der Waals surface area contributed by atoms with E-state index in [-0.39, 0.29) is 47.5 Å². The van der Waals surface area contributed by atoms with Gasteiger partial charge in [-0.1, -0.05) is 42.0 Å². The van der Waals surface area contributed by atoms with Crippen LogP contribution in [0, 0.1) is 18.7 Å². The number of nitrogens with zero attached hydrogens (tertiary/aromatic N) is 4. The molecule has 0 bridgehead atoms. The standard InChI is InChI=1S/C45H48FN5O5/c1-28-3-2-4-30(21-28)37-27-56-41-24-34(52)7-9-36(41)43(37)31-5-10-39(38(46)23-31)50-15-13-29(14-16-50)25-48-17-19-49(20-18-48)33-6-8-35-32(22-33)26-51(45(35)55)40-11-12-42(53)47-44(40)54/h2-10,21-24,29,37,40,43,52H,11-20,25-27H2,1H3,(H,47,53,54). The smallest absolute Gasteiger partial charge is 0.255 e. The highest BCUT2D eigenvalue weighted by molar-refractivity contribution is 6.05. The number of benzene rings is 4. The molecule has 2 N–H and O–H groups in total. The van der Waals surface area contributed by atoms with Crippen LogP contribution in [-0.2, 0) is 16.1 Å². The predicted molar refractivity (Wildman–Crippen MR) is 212 cm³/mol. The zero-order chi connectivity index (χ0) is 38.5. The van der Waals surface area contributed by atoms with Gasteiger partial charge in [-0.2, -0.15) is 0 Å². The number of nitrogens with one attached hydrogen (secondary N) is 1. The zero-order valence-corrected chi connectivity index (χ0v) is 31.8. The highest BCUT2D eigenvalue weighted by Gasteiger charge is 2.40. The third-order valence-electron chi connectivity index (χ3n) is 12.7. The molecule has 11 heteroatoms. The first-order valence-corrected chi connectivity index (χ1v) is 20.0. The third kappa shape index (κ3) is 6.97. The molecule has 290 valence electrons. The second-order valence-electron chi connectivity index (χ2n) is 16.2. The van der Waals surface area contributed by atoms with Gasteiger partial charge in [0.05, 0.1) is 12.3 Å². The van der Waals surface area contributed by atoms with Gasteiger partial charge in [-0.25, -0.2) is 4.39 Å². The van der Waals surface area contributed by atoms with Gasteiger partial charge in [-0.05, 0) is 85.2 Å². The summed E-state index contributed by atoms with van der Waals surface area (Å²) in [6, 6.07) is 24.8. The van der Waals surface area contributed by atoms with Gasteiger partial charge in [0.1, 0.15) is 23.4 Å². The highest BCUT2D eigenvalue weighted by atomic mass is 19.1. The summed E-state index contributed by atoms with van der Waals surface area (Å²) in [7, 11) is 0. The lowest BCUT2D eigenvalue weighted by atomic mass is 9.75. The molecule has 0 spiro atoms. The topological polar surface area (TPSA) is 106 Å². The van der Waals surface area contributed by atoms with E-state index in [4.69, 9.17) is 4.74 Å². The normalized spacial score (nSPS) is 23.1. The van der Waals surface area contributed by atoms with E-state index in [1.807, 2.05) is 24.3 Å². The molecule has 4 aromatic carbocycles. The third-order valence-corrected chi connectivity index (χ3v) is 12.7. The number of halogens is 1. The maximum absolute atomic E-state index is 16.1. The number of aryl methyl sites for hydroxylation is 1. The van der Waals surface area contributed by atoms with E-state index in [0.717, 1.165) is 86.6 Å². The molecule has 5 aliphatic heterocycles. The molecular weight excluding hydrogens is 710 g/mol. The van der Waals surface area contributed by atoms with E-state index in [1.165, 1.54) is 5.56 Å². The van der Waals surface area contributed by atoms with Crippen molar-refractivity contribution in [2.75, 3.05) is 62.2 Å². The number of imide groups is 1. The van der Waals surface area contributed by atoms with Crippen molar-refractivity contribution in [3.63, 3.8) is 0 Å². The van der Waals surface area contributed by atoms with Crippen molar-refractivity contribution in [1.29, 1.82) is 0 Å². The van der Waals surface area contributed by atoms with Crippen LogP contribution in [0.4, 0.5) is 15.8 Å². The molecule has 3 amide bonds. The summed E-state index contributed by atoms with van der Waals surface area (Å²) < 4.78 is 22.3. The van der Waals surface area contributed by atoms with Gasteiger partial charge in [0.25, 0.3) is 5.91 Å². The molecule has 3 unspecified atom stereocenters. The quantitative estimate of drug-likeness (QED) is 0.223. The molecule has 0 radical (unpaired) electrons. The van der Waals surface area contributed by atoms with E-state index < -0.39 is 6.04 Å².